The minimum absolute atomic E-state index is 0.214. The molecule has 0 aliphatic heterocycles. The normalized spacial score (nSPS) is 12.5. The maximum Gasteiger partial charge on any atom is 0.236 e. The minimum Gasteiger partial charge on any atom is -0.356 e. The van der Waals surface area contributed by atoms with Gasteiger partial charge in [0.05, 0.1) is 12.5 Å². The van der Waals surface area contributed by atoms with Gasteiger partial charge in [0, 0.05) is 17.2 Å². The zero-order valence-corrected chi connectivity index (χ0v) is 29.1. The van der Waals surface area contributed by atoms with Crippen LogP contribution in [0.25, 0.3) is 0 Å². The Bertz CT molecular complexity index is 1990. The number of nitrogens with one attached hydrogen (secondary N) is 1. The Hall–Kier alpha value is -5.98. The molecule has 0 spiro atoms. The van der Waals surface area contributed by atoms with Crippen LogP contribution in [0.3, 0.4) is 0 Å². The van der Waals surface area contributed by atoms with Gasteiger partial charge in [0.1, 0.15) is 23.1 Å². The summed E-state index contributed by atoms with van der Waals surface area (Å²) in [7, 11) is 0. The van der Waals surface area contributed by atoms with Gasteiger partial charge in [0.15, 0.2) is 5.78 Å². The Morgan fingerprint density at radius 2 is 1.08 bits per heavy atom. The van der Waals surface area contributed by atoms with Gasteiger partial charge < -0.3 is 10.1 Å². The Kier molecular flexibility index (Phi) is 11.3. The molecule has 260 valence electrons. The van der Waals surface area contributed by atoms with Crippen LogP contribution < -0.4 is 5.32 Å². The molecule has 0 bridgehead atoms. The monoisotopic (exact) mass is 689 g/mol. The highest BCUT2D eigenvalue weighted by atomic mass is 19.1. The number of Topliss-reactive ketones (excluding diaryl/α,β-unsaturated/α-hetero) is 2. The predicted octanol–water partition coefficient (Wildman–Crippen LogP) is 9.78. The molecule has 1 N–H and O–H groups in total. The van der Waals surface area contributed by atoms with Gasteiger partial charge in [-0.25, -0.2) is 4.39 Å². The van der Waals surface area contributed by atoms with Crippen LogP contribution in [-0.2, 0) is 26.5 Å². The zero-order valence-electron chi connectivity index (χ0n) is 29.1. The van der Waals surface area contributed by atoms with E-state index in [0.29, 0.717) is 11.3 Å². The molecule has 0 aliphatic rings. The quantitative estimate of drug-likeness (QED) is 0.0702. The highest BCUT2D eigenvalue weighted by Crippen LogP contribution is 2.41. The van der Waals surface area contributed by atoms with Crippen LogP contribution >= 0.6 is 0 Å². The molecule has 0 aliphatic carbocycles. The number of ether oxygens (including phenoxy) is 1. The first kappa shape index (κ1) is 35.8. The molecule has 6 heteroatoms. The molecule has 0 heterocycles. The van der Waals surface area contributed by atoms with Crippen LogP contribution in [0.1, 0.15) is 57.9 Å². The van der Waals surface area contributed by atoms with Gasteiger partial charge in [0.25, 0.3) is 0 Å². The third-order valence-electron chi connectivity index (χ3n) is 9.28. The van der Waals surface area contributed by atoms with E-state index in [0.717, 1.165) is 22.3 Å². The lowest BCUT2D eigenvalue weighted by molar-refractivity contribution is -0.133. The summed E-state index contributed by atoms with van der Waals surface area (Å²) in [6.45, 7) is 3.67. The van der Waals surface area contributed by atoms with Crippen molar-refractivity contribution >= 4 is 23.2 Å². The van der Waals surface area contributed by atoms with E-state index in [9.17, 15) is 18.8 Å². The van der Waals surface area contributed by atoms with Gasteiger partial charge >= 0.3 is 0 Å². The van der Waals surface area contributed by atoms with Crippen LogP contribution in [0.4, 0.5) is 10.1 Å². The topological polar surface area (TPSA) is 72.5 Å². The fourth-order valence-corrected chi connectivity index (χ4v) is 6.62. The van der Waals surface area contributed by atoms with E-state index in [1.807, 2.05) is 66.7 Å². The second-order valence-electron chi connectivity index (χ2n) is 13.0. The van der Waals surface area contributed by atoms with Gasteiger partial charge in [-0.1, -0.05) is 147 Å². The van der Waals surface area contributed by atoms with Crippen molar-refractivity contribution < 1.29 is 23.5 Å². The number of hydrogen-bond donors (Lipinski definition) is 1. The molecule has 0 aromatic heterocycles. The second kappa shape index (κ2) is 16.4. The number of ketones is 2. The van der Waals surface area contributed by atoms with Crippen LogP contribution in [0.15, 0.2) is 170 Å². The number of anilines is 1. The first-order chi connectivity index (χ1) is 25.3. The fraction of sp³-hybridized carbons (Fsp3) is 0.152. The highest BCUT2D eigenvalue weighted by Gasteiger charge is 2.41. The SMILES string of the molecule is CC(C)C(=O)C(C(=O)Nc1ccc(COC(c2ccccc2)(c2ccccc2)c2ccccc2)cc1)C(C(=O)c1ccc(F)cc1)c1ccccc1. The van der Waals surface area contributed by atoms with E-state index in [2.05, 4.69) is 41.7 Å². The summed E-state index contributed by atoms with van der Waals surface area (Å²) in [5.74, 6) is -4.86. The lowest BCUT2D eigenvalue weighted by atomic mass is 9.75. The fourth-order valence-electron chi connectivity index (χ4n) is 6.62. The standard InChI is InChI=1S/C46H40FNO4/c1-32(2)43(49)42(41(34-15-7-3-8-16-34)44(50)35-25-27-39(47)28-26-35)45(51)48-40-29-23-33(24-30-40)31-52-46(36-17-9-4-10-18-36,37-19-11-5-12-20-37)38-21-13-6-14-22-38/h3-30,32,41-42H,31H2,1-2H3,(H,48,51). The Morgan fingerprint density at radius 1 is 0.615 bits per heavy atom. The number of carbonyl (C=O) groups is 3. The van der Waals surface area contributed by atoms with Gasteiger partial charge in [-0.05, 0) is 64.2 Å². The molecule has 1 amide bonds. The van der Waals surface area contributed by atoms with Gasteiger partial charge in [-0.2, -0.15) is 0 Å². The van der Waals surface area contributed by atoms with E-state index in [1.54, 1.807) is 56.3 Å². The predicted molar refractivity (Wildman–Crippen MR) is 202 cm³/mol. The third-order valence-corrected chi connectivity index (χ3v) is 9.28. The van der Waals surface area contributed by atoms with Crippen molar-refractivity contribution in [2.45, 2.75) is 32.0 Å². The lowest BCUT2D eigenvalue weighted by Crippen LogP contribution is -2.40. The molecule has 5 nitrogen and oxygen atoms in total. The molecule has 0 radical (unpaired) electrons. The molecular formula is C46H40FNO4. The molecule has 6 aromatic carbocycles. The number of hydrogen-bond acceptors (Lipinski definition) is 4. The second-order valence-corrected chi connectivity index (χ2v) is 13.0. The molecule has 0 saturated heterocycles. The molecule has 6 aromatic rings. The number of rotatable bonds is 14. The maximum atomic E-state index is 14.1. The van der Waals surface area contributed by atoms with Crippen LogP contribution in [0.2, 0.25) is 0 Å². The molecule has 6 rings (SSSR count). The van der Waals surface area contributed by atoms with E-state index < -0.39 is 40.9 Å². The van der Waals surface area contributed by atoms with Crippen molar-refractivity contribution in [3.05, 3.63) is 209 Å². The number of halogens is 1. The van der Waals surface area contributed by atoms with Crippen molar-refractivity contribution in [1.29, 1.82) is 0 Å². The van der Waals surface area contributed by atoms with E-state index in [4.69, 9.17) is 4.74 Å². The van der Waals surface area contributed by atoms with Gasteiger partial charge in [0.2, 0.25) is 5.91 Å². The van der Waals surface area contributed by atoms with Gasteiger partial charge in [-0.15, -0.1) is 0 Å². The maximum absolute atomic E-state index is 14.1. The molecule has 2 atom stereocenters. The summed E-state index contributed by atoms with van der Waals surface area (Å²) in [5.41, 5.74) is 4.14. The van der Waals surface area contributed by atoms with Crippen molar-refractivity contribution in [3.63, 3.8) is 0 Å². The number of carbonyl (C=O) groups excluding carboxylic acids is 3. The molecule has 2 unspecified atom stereocenters. The number of amides is 1. The summed E-state index contributed by atoms with van der Waals surface area (Å²) in [6, 6.07) is 51.6. The Morgan fingerprint density at radius 3 is 1.54 bits per heavy atom. The zero-order chi connectivity index (χ0) is 36.5. The first-order valence-electron chi connectivity index (χ1n) is 17.4. The largest absolute Gasteiger partial charge is 0.356 e. The first-order valence-corrected chi connectivity index (χ1v) is 17.4. The van der Waals surface area contributed by atoms with Gasteiger partial charge in [-0.3, -0.25) is 14.4 Å². The van der Waals surface area contributed by atoms with E-state index in [1.165, 1.54) is 24.3 Å². The van der Waals surface area contributed by atoms with Crippen LogP contribution in [-0.4, -0.2) is 17.5 Å². The van der Waals surface area contributed by atoms with Crippen molar-refractivity contribution in [1.82, 2.24) is 0 Å². The van der Waals surface area contributed by atoms with E-state index >= 15 is 0 Å². The van der Waals surface area contributed by atoms with Crippen molar-refractivity contribution in [3.8, 4) is 0 Å². The summed E-state index contributed by atoms with van der Waals surface area (Å²) in [6.07, 6.45) is 0. The molecule has 52 heavy (non-hydrogen) atoms. The van der Waals surface area contributed by atoms with Crippen LogP contribution in [0.5, 0.6) is 0 Å². The summed E-state index contributed by atoms with van der Waals surface area (Å²) < 4.78 is 20.7. The highest BCUT2D eigenvalue weighted by molar-refractivity contribution is 6.14. The lowest BCUT2D eigenvalue weighted by Gasteiger charge is -2.36. The average molecular weight is 690 g/mol. The summed E-state index contributed by atoms with van der Waals surface area (Å²) >= 11 is 0. The molecular weight excluding hydrogens is 650 g/mol. The van der Waals surface area contributed by atoms with Crippen molar-refractivity contribution in [2.75, 3.05) is 5.32 Å². The van der Waals surface area contributed by atoms with Crippen molar-refractivity contribution in [2.24, 2.45) is 11.8 Å². The third kappa shape index (κ3) is 7.83. The van der Waals surface area contributed by atoms with E-state index in [-0.39, 0.29) is 18.0 Å². The number of benzene rings is 6. The average Bonchev–Trinajstić information content (AvgIpc) is 3.19. The van der Waals surface area contributed by atoms with Crippen LogP contribution in [0, 0.1) is 17.7 Å². The molecule has 0 saturated carbocycles. The minimum atomic E-state index is -1.33. The smallest absolute Gasteiger partial charge is 0.236 e. The molecule has 0 fully saturated rings. The summed E-state index contributed by atoms with van der Waals surface area (Å²) in [5, 5.41) is 2.91. The Balaban J connectivity index is 1.28. The summed E-state index contributed by atoms with van der Waals surface area (Å²) in [4.78, 5) is 41.9. The Labute approximate surface area is 304 Å².